The van der Waals surface area contributed by atoms with Crippen LogP contribution in [0.1, 0.15) is 28.3 Å². The van der Waals surface area contributed by atoms with E-state index >= 15 is 0 Å². The number of ether oxygens (including phenoxy) is 3. The SMILES string of the molecule is COc1cc2c(cc1OC)[C@@H]1Cc3ccc(O)c(OC)c3C[N+]1(C)CC2. The molecule has 0 saturated carbocycles. The number of methoxy groups -OCH3 is 3. The average Bonchev–Trinajstić information content (AvgIpc) is 2.65. The van der Waals surface area contributed by atoms with E-state index in [2.05, 4.69) is 19.2 Å². The predicted molar refractivity (Wildman–Crippen MR) is 99.1 cm³/mol. The molecule has 2 atom stereocenters. The largest absolute Gasteiger partial charge is 0.504 e. The van der Waals surface area contributed by atoms with Crippen LogP contribution < -0.4 is 14.2 Å². The highest BCUT2D eigenvalue weighted by molar-refractivity contribution is 5.53. The molecule has 1 unspecified atom stereocenters. The monoisotopic (exact) mass is 356 g/mol. The van der Waals surface area contributed by atoms with Crippen molar-refractivity contribution in [2.24, 2.45) is 0 Å². The van der Waals surface area contributed by atoms with Crippen molar-refractivity contribution in [2.75, 3.05) is 34.9 Å². The number of nitrogens with zero attached hydrogens (tertiary/aromatic N) is 1. The molecule has 5 nitrogen and oxygen atoms in total. The summed E-state index contributed by atoms with van der Waals surface area (Å²) in [6, 6.07) is 8.42. The Morgan fingerprint density at radius 2 is 1.73 bits per heavy atom. The van der Waals surface area contributed by atoms with Gasteiger partial charge in [-0.2, -0.15) is 0 Å². The quantitative estimate of drug-likeness (QED) is 0.858. The Hall–Kier alpha value is -2.40. The summed E-state index contributed by atoms with van der Waals surface area (Å²) in [5, 5.41) is 10.2. The van der Waals surface area contributed by atoms with Gasteiger partial charge in [0.25, 0.3) is 0 Å². The number of quaternary nitrogens is 1. The fraction of sp³-hybridized carbons (Fsp3) is 0.429. The smallest absolute Gasteiger partial charge is 0.169 e. The standard InChI is InChI=1S/C21H25NO4/c1-22-8-7-14-10-19(24-2)20(25-3)11-15(14)17(22)9-13-5-6-18(23)21(26-4)16(13)12-22/h5-6,10-11,17H,7-9,12H2,1-4H3/p+1/t17-,22?/m0/s1. The van der Waals surface area contributed by atoms with Gasteiger partial charge in [-0.3, -0.25) is 0 Å². The van der Waals surface area contributed by atoms with Gasteiger partial charge in [0, 0.05) is 18.4 Å². The van der Waals surface area contributed by atoms with Gasteiger partial charge < -0.3 is 23.8 Å². The van der Waals surface area contributed by atoms with Crippen LogP contribution in [0.3, 0.4) is 0 Å². The molecule has 138 valence electrons. The van der Waals surface area contributed by atoms with Gasteiger partial charge in [0.1, 0.15) is 12.6 Å². The van der Waals surface area contributed by atoms with Gasteiger partial charge in [-0.05, 0) is 29.3 Å². The number of rotatable bonds is 3. The van der Waals surface area contributed by atoms with E-state index < -0.39 is 0 Å². The number of likely N-dealkylation sites (N-methyl/N-ethyl adjacent to an activating group) is 1. The van der Waals surface area contributed by atoms with Crippen molar-refractivity contribution in [3.05, 3.63) is 46.5 Å². The summed E-state index contributed by atoms with van der Waals surface area (Å²) >= 11 is 0. The Kier molecular flexibility index (Phi) is 3.99. The summed E-state index contributed by atoms with van der Waals surface area (Å²) in [6.07, 6.45) is 1.92. The van der Waals surface area contributed by atoms with Gasteiger partial charge in [0.05, 0.1) is 40.5 Å². The molecule has 2 aliphatic heterocycles. The molecule has 2 aromatic rings. The molecule has 0 bridgehead atoms. The van der Waals surface area contributed by atoms with E-state index in [9.17, 15) is 5.11 Å². The molecule has 0 fully saturated rings. The fourth-order valence-corrected chi connectivity index (χ4v) is 4.67. The van der Waals surface area contributed by atoms with Crippen molar-refractivity contribution in [2.45, 2.75) is 25.4 Å². The summed E-state index contributed by atoms with van der Waals surface area (Å²) in [6.45, 7) is 1.90. The molecule has 1 N–H and O–H groups in total. The Bertz CT molecular complexity index is 864. The van der Waals surface area contributed by atoms with Gasteiger partial charge in [-0.1, -0.05) is 6.07 Å². The average molecular weight is 356 g/mol. The number of benzene rings is 2. The molecule has 0 aliphatic carbocycles. The minimum atomic E-state index is 0.222. The second kappa shape index (κ2) is 6.09. The fourth-order valence-electron chi connectivity index (χ4n) is 4.67. The summed E-state index contributed by atoms with van der Waals surface area (Å²) in [5.41, 5.74) is 5.07. The van der Waals surface area contributed by atoms with Crippen LogP contribution >= 0.6 is 0 Å². The molecule has 26 heavy (non-hydrogen) atoms. The first-order chi connectivity index (χ1) is 12.5. The van der Waals surface area contributed by atoms with Crippen molar-refractivity contribution in [1.29, 1.82) is 0 Å². The maximum absolute atomic E-state index is 10.2. The van der Waals surface area contributed by atoms with Gasteiger partial charge in [-0.25, -0.2) is 0 Å². The first kappa shape index (κ1) is 17.0. The minimum Gasteiger partial charge on any atom is -0.504 e. The lowest BCUT2D eigenvalue weighted by Crippen LogP contribution is -2.53. The molecular weight excluding hydrogens is 330 g/mol. The zero-order chi connectivity index (χ0) is 18.5. The topological polar surface area (TPSA) is 47.9 Å². The van der Waals surface area contributed by atoms with Crippen LogP contribution in [0.15, 0.2) is 24.3 Å². The molecule has 5 heteroatoms. The third-order valence-corrected chi connectivity index (χ3v) is 6.12. The molecular formula is C21H26NO4+. The summed E-state index contributed by atoms with van der Waals surface area (Å²) in [7, 11) is 7.30. The first-order valence-electron chi connectivity index (χ1n) is 8.97. The van der Waals surface area contributed by atoms with E-state index in [4.69, 9.17) is 14.2 Å². The summed E-state index contributed by atoms with van der Waals surface area (Å²) < 4.78 is 17.5. The maximum atomic E-state index is 10.2. The highest BCUT2D eigenvalue weighted by Crippen LogP contribution is 2.48. The predicted octanol–water partition coefficient (Wildman–Crippen LogP) is 3.22. The van der Waals surface area contributed by atoms with Crippen molar-refractivity contribution in [3.8, 4) is 23.0 Å². The molecule has 2 aliphatic rings. The van der Waals surface area contributed by atoms with E-state index in [1.807, 2.05) is 6.07 Å². The second-order valence-corrected chi connectivity index (χ2v) is 7.49. The molecule has 0 amide bonds. The molecule has 2 heterocycles. The highest BCUT2D eigenvalue weighted by Gasteiger charge is 2.44. The second-order valence-electron chi connectivity index (χ2n) is 7.49. The zero-order valence-corrected chi connectivity index (χ0v) is 15.8. The molecule has 0 spiro atoms. The normalized spacial score (nSPS) is 23.5. The van der Waals surface area contributed by atoms with E-state index in [1.165, 1.54) is 16.7 Å². The van der Waals surface area contributed by atoms with Crippen molar-refractivity contribution < 1.29 is 23.8 Å². The van der Waals surface area contributed by atoms with Crippen molar-refractivity contribution in [3.63, 3.8) is 0 Å². The number of phenolic OH excluding ortho intramolecular Hbond substituents is 1. The van der Waals surface area contributed by atoms with Crippen LogP contribution in [0.2, 0.25) is 0 Å². The minimum absolute atomic E-state index is 0.222. The Morgan fingerprint density at radius 3 is 2.42 bits per heavy atom. The highest BCUT2D eigenvalue weighted by atomic mass is 16.5. The van der Waals surface area contributed by atoms with Crippen LogP contribution in [0.25, 0.3) is 0 Å². The van der Waals surface area contributed by atoms with Crippen LogP contribution in [0.4, 0.5) is 0 Å². The Morgan fingerprint density at radius 1 is 1.00 bits per heavy atom. The number of hydrogen-bond acceptors (Lipinski definition) is 4. The van der Waals surface area contributed by atoms with Gasteiger partial charge >= 0.3 is 0 Å². The zero-order valence-electron chi connectivity index (χ0n) is 15.8. The molecule has 2 aromatic carbocycles. The van der Waals surface area contributed by atoms with E-state index in [1.54, 1.807) is 27.4 Å². The van der Waals surface area contributed by atoms with Gasteiger partial charge in [0.2, 0.25) is 0 Å². The van der Waals surface area contributed by atoms with E-state index in [0.717, 1.165) is 47.5 Å². The first-order valence-corrected chi connectivity index (χ1v) is 8.97. The Balaban J connectivity index is 1.83. The summed E-state index contributed by atoms with van der Waals surface area (Å²) in [5.74, 6) is 2.43. The lowest BCUT2D eigenvalue weighted by molar-refractivity contribution is -0.956. The third kappa shape index (κ3) is 2.42. The van der Waals surface area contributed by atoms with E-state index in [-0.39, 0.29) is 5.75 Å². The Labute approximate surface area is 154 Å². The lowest BCUT2D eigenvalue weighted by Gasteiger charge is -2.49. The number of phenols is 1. The number of fused-ring (bicyclic) bond motifs is 4. The summed E-state index contributed by atoms with van der Waals surface area (Å²) in [4.78, 5) is 0. The lowest BCUT2D eigenvalue weighted by atomic mass is 9.81. The molecule has 4 rings (SSSR count). The molecule has 0 aromatic heterocycles. The van der Waals surface area contributed by atoms with Crippen LogP contribution in [0, 0.1) is 0 Å². The van der Waals surface area contributed by atoms with Crippen LogP contribution in [-0.2, 0) is 19.4 Å². The number of hydrogen-bond donors (Lipinski definition) is 1. The van der Waals surface area contributed by atoms with Crippen molar-refractivity contribution >= 4 is 0 Å². The maximum Gasteiger partial charge on any atom is 0.169 e. The third-order valence-electron chi connectivity index (χ3n) is 6.12. The van der Waals surface area contributed by atoms with E-state index in [0.29, 0.717) is 11.8 Å². The van der Waals surface area contributed by atoms with Crippen molar-refractivity contribution in [1.82, 2.24) is 0 Å². The molecule has 0 saturated heterocycles. The van der Waals surface area contributed by atoms with Crippen LogP contribution in [-0.4, -0.2) is 44.5 Å². The van der Waals surface area contributed by atoms with Gasteiger partial charge in [-0.15, -0.1) is 0 Å². The molecule has 0 radical (unpaired) electrons. The number of aromatic hydroxyl groups is 1. The van der Waals surface area contributed by atoms with Crippen LogP contribution in [0.5, 0.6) is 23.0 Å². The van der Waals surface area contributed by atoms with Gasteiger partial charge in [0.15, 0.2) is 23.0 Å².